The van der Waals surface area contributed by atoms with Crippen molar-refractivity contribution in [2.75, 3.05) is 19.6 Å². The normalized spacial score (nSPS) is 19.7. The van der Waals surface area contributed by atoms with E-state index in [1.165, 1.54) is 0 Å². The highest BCUT2D eigenvalue weighted by Crippen LogP contribution is 2.25. The van der Waals surface area contributed by atoms with Gasteiger partial charge in [-0.25, -0.2) is 8.42 Å². The molecule has 2 rings (SSSR count). The van der Waals surface area contributed by atoms with Crippen molar-refractivity contribution in [1.29, 1.82) is 0 Å². The summed E-state index contributed by atoms with van der Waals surface area (Å²) in [5.74, 6) is 0. The lowest BCUT2D eigenvalue weighted by Crippen LogP contribution is -2.42. The average molecular weight is 296 g/mol. The van der Waals surface area contributed by atoms with Crippen molar-refractivity contribution < 1.29 is 8.42 Å². The molecular formula is C15H24N2O2S. The average Bonchev–Trinajstić information content (AvgIpc) is 2.92. The largest absolute Gasteiger partial charge is 0.315 e. The molecule has 1 heterocycles. The maximum absolute atomic E-state index is 13.0. The van der Waals surface area contributed by atoms with Crippen molar-refractivity contribution in [2.24, 2.45) is 0 Å². The fourth-order valence-corrected chi connectivity index (χ4v) is 4.77. The Labute approximate surface area is 122 Å². The molecule has 20 heavy (non-hydrogen) atoms. The van der Waals surface area contributed by atoms with Crippen LogP contribution in [0.1, 0.15) is 30.9 Å². The molecule has 0 bridgehead atoms. The lowest BCUT2D eigenvalue weighted by molar-refractivity contribution is 0.335. The second kappa shape index (κ2) is 6.24. The van der Waals surface area contributed by atoms with E-state index >= 15 is 0 Å². The summed E-state index contributed by atoms with van der Waals surface area (Å²) in [6.45, 7) is 8.05. The summed E-state index contributed by atoms with van der Waals surface area (Å²) in [5.41, 5.74) is 1.80. The summed E-state index contributed by atoms with van der Waals surface area (Å²) < 4.78 is 27.7. The number of nitrogens with zero attached hydrogens (tertiary/aromatic N) is 1. The lowest BCUT2D eigenvalue weighted by Gasteiger charge is -2.28. The molecule has 1 aromatic rings. The molecule has 5 heteroatoms. The molecule has 0 aromatic heterocycles. The molecule has 1 saturated heterocycles. The fraction of sp³-hybridized carbons (Fsp3) is 0.600. The van der Waals surface area contributed by atoms with Gasteiger partial charge in [0, 0.05) is 19.1 Å². The second-order valence-corrected chi connectivity index (χ2v) is 7.39. The van der Waals surface area contributed by atoms with E-state index in [-0.39, 0.29) is 6.04 Å². The van der Waals surface area contributed by atoms with Crippen molar-refractivity contribution in [2.45, 2.75) is 44.6 Å². The number of benzene rings is 1. The lowest BCUT2D eigenvalue weighted by atomic mass is 10.2. The molecule has 0 spiro atoms. The standard InChI is InChI=1S/C15H24N2O2S/c1-4-9-17(14-7-8-16-11-14)20(18,19)15-10-12(2)5-6-13(15)3/h5-6,10,14,16H,4,7-9,11H2,1-3H3. The zero-order valence-corrected chi connectivity index (χ0v) is 13.3. The Morgan fingerprint density at radius 1 is 1.35 bits per heavy atom. The van der Waals surface area contributed by atoms with Crippen LogP contribution in [0.2, 0.25) is 0 Å². The molecule has 0 aliphatic carbocycles. The molecule has 1 aliphatic heterocycles. The van der Waals surface area contributed by atoms with Gasteiger partial charge in [-0.15, -0.1) is 0 Å². The SMILES string of the molecule is CCCN(C1CCNC1)S(=O)(=O)c1cc(C)ccc1C. The fourth-order valence-electron chi connectivity index (χ4n) is 2.72. The maximum Gasteiger partial charge on any atom is 0.243 e. The van der Waals surface area contributed by atoms with Crippen molar-refractivity contribution in [3.63, 3.8) is 0 Å². The molecule has 0 saturated carbocycles. The van der Waals surface area contributed by atoms with E-state index < -0.39 is 10.0 Å². The Kier molecular flexibility index (Phi) is 4.83. The van der Waals surface area contributed by atoms with Crippen LogP contribution in [0.3, 0.4) is 0 Å². The first kappa shape index (κ1) is 15.5. The van der Waals surface area contributed by atoms with E-state index in [9.17, 15) is 8.42 Å². The van der Waals surface area contributed by atoms with Crippen LogP contribution in [-0.4, -0.2) is 38.4 Å². The Hall–Kier alpha value is -0.910. The molecule has 1 aliphatic rings. The van der Waals surface area contributed by atoms with Gasteiger partial charge in [0.05, 0.1) is 4.90 Å². The molecule has 1 N–H and O–H groups in total. The third-order valence-corrected chi connectivity index (χ3v) is 5.91. The molecule has 1 atom stereocenters. The van der Waals surface area contributed by atoms with Crippen LogP contribution >= 0.6 is 0 Å². The van der Waals surface area contributed by atoms with Crippen molar-refractivity contribution in [3.05, 3.63) is 29.3 Å². The predicted octanol–water partition coefficient (Wildman–Crippen LogP) is 2.07. The molecule has 1 fully saturated rings. The van der Waals surface area contributed by atoms with Gasteiger partial charge in [-0.3, -0.25) is 0 Å². The number of sulfonamides is 1. The van der Waals surface area contributed by atoms with E-state index in [1.807, 2.05) is 32.9 Å². The van der Waals surface area contributed by atoms with Crippen molar-refractivity contribution in [3.8, 4) is 0 Å². The van der Waals surface area contributed by atoms with Crippen LogP contribution in [0.4, 0.5) is 0 Å². The quantitative estimate of drug-likeness (QED) is 0.905. The number of hydrogen-bond acceptors (Lipinski definition) is 3. The third kappa shape index (κ3) is 3.05. The summed E-state index contributed by atoms with van der Waals surface area (Å²) in [6, 6.07) is 5.71. The summed E-state index contributed by atoms with van der Waals surface area (Å²) in [5, 5.41) is 3.25. The Morgan fingerprint density at radius 3 is 2.70 bits per heavy atom. The number of hydrogen-bond donors (Lipinski definition) is 1. The third-order valence-electron chi connectivity index (χ3n) is 3.82. The number of aryl methyl sites for hydroxylation is 2. The van der Waals surface area contributed by atoms with Gasteiger partial charge in [-0.05, 0) is 50.4 Å². The van der Waals surface area contributed by atoms with Crippen LogP contribution in [0.25, 0.3) is 0 Å². The minimum atomic E-state index is -3.41. The van der Waals surface area contributed by atoms with Crippen molar-refractivity contribution in [1.82, 2.24) is 9.62 Å². The van der Waals surface area contributed by atoms with Gasteiger partial charge in [0.25, 0.3) is 0 Å². The highest BCUT2D eigenvalue weighted by Gasteiger charge is 2.33. The van der Waals surface area contributed by atoms with Crippen LogP contribution < -0.4 is 5.32 Å². The zero-order valence-electron chi connectivity index (χ0n) is 12.5. The summed E-state index contributed by atoms with van der Waals surface area (Å²) >= 11 is 0. The van der Waals surface area contributed by atoms with Gasteiger partial charge in [0.15, 0.2) is 0 Å². The van der Waals surface area contributed by atoms with E-state index in [4.69, 9.17) is 0 Å². The van der Waals surface area contributed by atoms with Gasteiger partial charge in [0.2, 0.25) is 10.0 Å². The second-order valence-electron chi connectivity index (χ2n) is 5.53. The van der Waals surface area contributed by atoms with E-state index in [2.05, 4.69) is 5.32 Å². The van der Waals surface area contributed by atoms with Crippen LogP contribution in [0, 0.1) is 13.8 Å². The molecular weight excluding hydrogens is 272 g/mol. The van der Waals surface area contributed by atoms with Gasteiger partial charge in [-0.1, -0.05) is 19.1 Å². The molecule has 1 unspecified atom stereocenters. The van der Waals surface area contributed by atoms with Crippen LogP contribution in [-0.2, 0) is 10.0 Å². The highest BCUT2D eigenvalue weighted by molar-refractivity contribution is 7.89. The molecule has 1 aromatic carbocycles. The smallest absolute Gasteiger partial charge is 0.243 e. The first-order chi connectivity index (χ1) is 9.46. The monoisotopic (exact) mass is 296 g/mol. The van der Waals surface area contributed by atoms with Crippen LogP contribution in [0.15, 0.2) is 23.1 Å². The predicted molar refractivity (Wildman–Crippen MR) is 81.4 cm³/mol. The molecule has 0 radical (unpaired) electrons. The first-order valence-corrected chi connectivity index (χ1v) is 8.70. The maximum atomic E-state index is 13.0. The Morgan fingerprint density at radius 2 is 2.10 bits per heavy atom. The number of rotatable bonds is 5. The molecule has 0 amide bonds. The summed E-state index contributed by atoms with van der Waals surface area (Å²) in [4.78, 5) is 0.456. The van der Waals surface area contributed by atoms with E-state index in [1.54, 1.807) is 10.4 Å². The van der Waals surface area contributed by atoms with Crippen molar-refractivity contribution >= 4 is 10.0 Å². The summed E-state index contributed by atoms with van der Waals surface area (Å²) in [7, 11) is -3.41. The molecule has 112 valence electrons. The topological polar surface area (TPSA) is 49.4 Å². The first-order valence-electron chi connectivity index (χ1n) is 7.26. The van der Waals surface area contributed by atoms with Gasteiger partial charge < -0.3 is 5.32 Å². The van der Waals surface area contributed by atoms with Gasteiger partial charge in [-0.2, -0.15) is 4.31 Å². The Balaban J connectivity index is 2.41. The zero-order chi connectivity index (χ0) is 14.8. The van der Waals surface area contributed by atoms with E-state index in [0.717, 1.165) is 37.1 Å². The van der Waals surface area contributed by atoms with E-state index in [0.29, 0.717) is 11.4 Å². The Bertz CT molecular complexity index is 563. The highest BCUT2D eigenvalue weighted by atomic mass is 32.2. The molecule has 4 nitrogen and oxygen atoms in total. The minimum Gasteiger partial charge on any atom is -0.315 e. The minimum absolute atomic E-state index is 0.0832. The number of nitrogens with one attached hydrogen (secondary N) is 1. The summed E-state index contributed by atoms with van der Waals surface area (Å²) in [6.07, 6.45) is 1.73. The van der Waals surface area contributed by atoms with Gasteiger partial charge in [0.1, 0.15) is 0 Å². The van der Waals surface area contributed by atoms with Gasteiger partial charge >= 0.3 is 0 Å². The van der Waals surface area contributed by atoms with Crippen LogP contribution in [0.5, 0.6) is 0 Å².